The maximum absolute atomic E-state index is 12.8. The summed E-state index contributed by atoms with van der Waals surface area (Å²) in [4.78, 5) is 0. The molecule has 2 nitrogen and oxygen atoms in total. The van der Waals surface area contributed by atoms with E-state index in [4.69, 9.17) is 10.5 Å². The van der Waals surface area contributed by atoms with E-state index >= 15 is 0 Å². The highest BCUT2D eigenvalue weighted by atomic mass is 19.4. The maximum atomic E-state index is 12.8. The third-order valence-electron chi connectivity index (χ3n) is 3.30. The Kier molecular flexibility index (Phi) is 4.23. The quantitative estimate of drug-likeness (QED) is 0.923. The molecule has 0 saturated heterocycles. The van der Waals surface area contributed by atoms with Crippen molar-refractivity contribution >= 4 is 0 Å². The van der Waals surface area contributed by atoms with Crippen LogP contribution in [0.3, 0.4) is 0 Å². The van der Waals surface area contributed by atoms with Crippen molar-refractivity contribution in [2.24, 2.45) is 5.73 Å². The average molecular weight is 295 g/mol. The van der Waals surface area contributed by atoms with Crippen molar-refractivity contribution < 1.29 is 17.9 Å². The summed E-state index contributed by atoms with van der Waals surface area (Å²) in [7, 11) is 1.55. The average Bonchev–Trinajstić information content (AvgIpc) is 2.45. The lowest BCUT2D eigenvalue weighted by molar-refractivity contribution is -0.137. The summed E-state index contributed by atoms with van der Waals surface area (Å²) in [6.45, 7) is 2.10. The number of halogens is 3. The van der Waals surface area contributed by atoms with E-state index in [0.717, 1.165) is 23.3 Å². The summed E-state index contributed by atoms with van der Waals surface area (Å²) in [5.41, 5.74) is 7.83. The number of methoxy groups -OCH3 is 1. The molecule has 0 atom stereocenters. The van der Waals surface area contributed by atoms with E-state index in [1.165, 1.54) is 6.07 Å². The van der Waals surface area contributed by atoms with E-state index in [-0.39, 0.29) is 6.54 Å². The predicted molar refractivity (Wildman–Crippen MR) is 76.1 cm³/mol. The SMILES string of the molecule is COc1c(C)cc(-c2cccc(C(F)(F)F)c2)cc1CN. The molecule has 2 rings (SSSR count). The molecule has 0 spiro atoms. The van der Waals surface area contributed by atoms with Crippen molar-refractivity contribution in [3.8, 4) is 16.9 Å². The second kappa shape index (κ2) is 5.77. The molecule has 2 aromatic rings. The molecule has 112 valence electrons. The number of aryl methyl sites for hydroxylation is 1. The number of rotatable bonds is 3. The van der Waals surface area contributed by atoms with E-state index in [1.807, 2.05) is 6.92 Å². The Balaban J connectivity index is 2.55. The largest absolute Gasteiger partial charge is 0.496 e. The zero-order chi connectivity index (χ0) is 15.6. The first kappa shape index (κ1) is 15.4. The minimum atomic E-state index is -4.35. The summed E-state index contributed by atoms with van der Waals surface area (Å²) in [5.74, 6) is 0.674. The standard InChI is InChI=1S/C16H16F3NO/c1-10-6-12(7-13(9-20)15(10)21-2)11-4-3-5-14(8-11)16(17,18)19/h3-8H,9,20H2,1-2H3. The Hall–Kier alpha value is -2.01. The van der Waals surface area contributed by atoms with Gasteiger partial charge in [-0.3, -0.25) is 0 Å². The molecule has 0 bridgehead atoms. The number of hydrogen-bond acceptors (Lipinski definition) is 2. The van der Waals surface area contributed by atoms with Gasteiger partial charge in [0.1, 0.15) is 5.75 Å². The Labute approximate surface area is 121 Å². The fourth-order valence-electron chi connectivity index (χ4n) is 2.33. The highest BCUT2D eigenvalue weighted by Gasteiger charge is 2.30. The molecular weight excluding hydrogens is 279 g/mol. The minimum absolute atomic E-state index is 0.261. The zero-order valence-corrected chi connectivity index (χ0v) is 11.8. The van der Waals surface area contributed by atoms with Gasteiger partial charge in [-0.2, -0.15) is 13.2 Å². The van der Waals surface area contributed by atoms with Gasteiger partial charge in [0.05, 0.1) is 12.7 Å². The first-order valence-corrected chi connectivity index (χ1v) is 6.42. The van der Waals surface area contributed by atoms with Crippen LogP contribution in [0.4, 0.5) is 13.2 Å². The second-order valence-corrected chi connectivity index (χ2v) is 4.77. The number of benzene rings is 2. The lowest BCUT2D eigenvalue weighted by Gasteiger charge is -2.14. The van der Waals surface area contributed by atoms with Crippen LogP contribution < -0.4 is 10.5 Å². The van der Waals surface area contributed by atoms with Gasteiger partial charge in [0, 0.05) is 12.1 Å². The third-order valence-corrected chi connectivity index (χ3v) is 3.30. The summed E-state index contributed by atoms with van der Waals surface area (Å²) < 4.78 is 43.6. The van der Waals surface area contributed by atoms with Crippen molar-refractivity contribution in [1.82, 2.24) is 0 Å². The minimum Gasteiger partial charge on any atom is -0.496 e. The monoisotopic (exact) mass is 295 g/mol. The molecule has 21 heavy (non-hydrogen) atoms. The maximum Gasteiger partial charge on any atom is 0.416 e. The van der Waals surface area contributed by atoms with Gasteiger partial charge >= 0.3 is 6.18 Å². The fourth-order valence-corrected chi connectivity index (χ4v) is 2.33. The number of hydrogen-bond donors (Lipinski definition) is 1. The van der Waals surface area contributed by atoms with Crippen LogP contribution in [-0.2, 0) is 12.7 Å². The molecule has 0 aliphatic rings. The second-order valence-electron chi connectivity index (χ2n) is 4.77. The summed E-state index contributed by atoms with van der Waals surface area (Å²) in [6.07, 6.45) is -4.35. The Morgan fingerprint density at radius 2 is 1.81 bits per heavy atom. The summed E-state index contributed by atoms with van der Waals surface area (Å²) in [5, 5.41) is 0. The van der Waals surface area contributed by atoms with E-state index < -0.39 is 11.7 Å². The lowest BCUT2D eigenvalue weighted by atomic mass is 9.97. The zero-order valence-electron chi connectivity index (χ0n) is 11.8. The van der Waals surface area contributed by atoms with Gasteiger partial charge in [-0.05, 0) is 47.9 Å². The van der Waals surface area contributed by atoms with Gasteiger partial charge in [0.2, 0.25) is 0 Å². The van der Waals surface area contributed by atoms with Gasteiger partial charge in [0.25, 0.3) is 0 Å². The molecule has 2 N–H and O–H groups in total. The molecule has 0 unspecified atom stereocenters. The lowest BCUT2D eigenvalue weighted by Crippen LogP contribution is -2.05. The van der Waals surface area contributed by atoms with Gasteiger partial charge in [-0.1, -0.05) is 12.1 Å². The smallest absolute Gasteiger partial charge is 0.416 e. The normalized spacial score (nSPS) is 11.5. The molecule has 5 heteroatoms. The van der Waals surface area contributed by atoms with Crippen molar-refractivity contribution in [3.05, 3.63) is 53.1 Å². The fraction of sp³-hybridized carbons (Fsp3) is 0.250. The highest BCUT2D eigenvalue weighted by molar-refractivity contribution is 5.68. The van der Waals surface area contributed by atoms with Crippen LogP contribution in [0.25, 0.3) is 11.1 Å². The predicted octanol–water partition coefficient (Wildman–Crippen LogP) is 4.15. The van der Waals surface area contributed by atoms with Crippen molar-refractivity contribution in [3.63, 3.8) is 0 Å². The first-order chi connectivity index (χ1) is 9.86. The molecule has 0 fully saturated rings. The molecule has 0 heterocycles. The van der Waals surface area contributed by atoms with Crippen LogP contribution in [0, 0.1) is 6.92 Å². The molecule has 0 aliphatic carbocycles. The van der Waals surface area contributed by atoms with Gasteiger partial charge in [0.15, 0.2) is 0 Å². The molecular formula is C16H16F3NO. The van der Waals surface area contributed by atoms with Crippen LogP contribution >= 0.6 is 0 Å². The van der Waals surface area contributed by atoms with E-state index in [2.05, 4.69) is 0 Å². The van der Waals surface area contributed by atoms with Crippen LogP contribution in [-0.4, -0.2) is 7.11 Å². The van der Waals surface area contributed by atoms with Crippen LogP contribution in [0.1, 0.15) is 16.7 Å². The molecule has 0 amide bonds. The van der Waals surface area contributed by atoms with Gasteiger partial charge in [-0.25, -0.2) is 0 Å². The van der Waals surface area contributed by atoms with Crippen molar-refractivity contribution in [2.75, 3.05) is 7.11 Å². The molecule has 2 aromatic carbocycles. The molecule has 0 aromatic heterocycles. The van der Waals surface area contributed by atoms with E-state index in [9.17, 15) is 13.2 Å². The van der Waals surface area contributed by atoms with Gasteiger partial charge < -0.3 is 10.5 Å². The van der Waals surface area contributed by atoms with Crippen molar-refractivity contribution in [1.29, 1.82) is 0 Å². The number of ether oxygens (including phenoxy) is 1. The molecule has 0 saturated carbocycles. The van der Waals surface area contributed by atoms with Crippen LogP contribution in [0.5, 0.6) is 5.75 Å². The first-order valence-electron chi connectivity index (χ1n) is 6.42. The Morgan fingerprint density at radius 3 is 2.38 bits per heavy atom. The molecule has 0 radical (unpaired) electrons. The van der Waals surface area contributed by atoms with Crippen molar-refractivity contribution in [2.45, 2.75) is 19.6 Å². The highest BCUT2D eigenvalue weighted by Crippen LogP contribution is 2.34. The van der Waals surface area contributed by atoms with Crippen LogP contribution in [0.15, 0.2) is 36.4 Å². The van der Waals surface area contributed by atoms with Gasteiger partial charge in [-0.15, -0.1) is 0 Å². The topological polar surface area (TPSA) is 35.2 Å². The number of nitrogens with two attached hydrogens (primary N) is 1. The van der Waals surface area contributed by atoms with Crippen LogP contribution in [0.2, 0.25) is 0 Å². The summed E-state index contributed by atoms with van der Waals surface area (Å²) >= 11 is 0. The number of alkyl halides is 3. The molecule has 0 aliphatic heterocycles. The third kappa shape index (κ3) is 3.19. The van der Waals surface area contributed by atoms with E-state index in [0.29, 0.717) is 16.9 Å². The Bertz CT molecular complexity index is 650. The van der Waals surface area contributed by atoms with E-state index in [1.54, 1.807) is 25.3 Å². The summed E-state index contributed by atoms with van der Waals surface area (Å²) in [6, 6.07) is 8.82. The Morgan fingerprint density at radius 1 is 1.10 bits per heavy atom.